The normalized spacial score (nSPS) is 30.2. The molecule has 5 heteroatoms. The van der Waals surface area contributed by atoms with E-state index in [1.165, 1.54) is 64.1 Å². The van der Waals surface area contributed by atoms with Crippen LogP contribution in [0, 0.1) is 17.2 Å². The van der Waals surface area contributed by atoms with Crippen molar-refractivity contribution in [2.45, 2.75) is 32.1 Å². The van der Waals surface area contributed by atoms with Gasteiger partial charge in [0.1, 0.15) is 0 Å². The van der Waals surface area contributed by atoms with Crippen molar-refractivity contribution >= 4 is 5.95 Å². The topological polar surface area (TPSA) is 32.3 Å². The second-order valence-electron chi connectivity index (χ2n) is 7.15. The molecule has 2 saturated heterocycles. The maximum absolute atomic E-state index is 13.0. The highest BCUT2D eigenvalue weighted by Crippen LogP contribution is 2.41. The Kier molecular flexibility index (Phi) is 3.32. The molecular weight excluding hydrogens is 267 g/mol. The molecule has 0 N–H and O–H groups in total. The van der Waals surface area contributed by atoms with E-state index in [1.807, 2.05) is 0 Å². The molecular formula is C16H23FN4. The lowest BCUT2D eigenvalue weighted by atomic mass is 9.79. The molecule has 21 heavy (non-hydrogen) atoms. The smallest absolute Gasteiger partial charge is 0.225 e. The molecule has 1 aliphatic carbocycles. The Morgan fingerprint density at radius 3 is 2.71 bits per heavy atom. The van der Waals surface area contributed by atoms with Gasteiger partial charge in [-0.15, -0.1) is 0 Å². The zero-order chi connectivity index (χ0) is 14.3. The molecule has 4 nitrogen and oxygen atoms in total. The van der Waals surface area contributed by atoms with Crippen molar-refractivity contribution in [3.8, 4) is 0 Å². The van der Waals surface area contributed by atoms with Crippen LogP contribution < -0.4 is 4.90 Å². The first kappa shape index (κ1) is 13.4. The summed E-state index contributed by atoms with van der Waals surface area (Å²) >= 11 is 0. The minimum atomic E-state index is -0.359. The maximum atomic E-state index is 13.0. The van der Waals surface area contributed by atoms with Crippen LogP contribution in [0.2, 0.25) is 0 Å². The summed E-state index contributed by atoms with van der Waals surface area (Å²) in [5.41, 5.74) is 0.408. The third-order valence-corrected chi connectivity index (χ3v) is 5.28. The van der Waals surface area contributed by atoms with Crippen LogP contribution in [0.1, 0.15) is 32.1 Å². The summed E-state index contributed by atoms with van der Waals surface area (Å²) in [6, 6.07) is 0. The zero-order valence-corrected chi connectivity index (χ0v) is 12.5. The summed E-state index contributed by atoms with van der Waals surface area (Å²) in [5, 5.41) is 0. The number of likely N-dealkylation sites (tertiary alicyclic amines) is 1. The second kappa shape index (κ2) is 5.20. The molecule has 114 valence electrons. The third-order valence-electron chi connectivity index (χ3n) is 5.28. The summed E-state index contributed by atoms with van der Waals surface area (Å²) < 4.78 is 13.0. The molecule has 0 radical (unpaired) electrons. The lowest BCUT2D eigenvalue weighted by Gasteiger charge is -2.40. The van der Waals surface area contributed by atoms with Crippen LogP contribution in [-0.4, -0.2) is 47.6 Å². The van der Waals surface area contributed by atoms with Gasteiger partial charge in [0.05, 0.1) is 12.4 Å². The van der Waals surface area contributed by atoms with Gasteiger partial charge in [0, 0.05) is 31.6 Å². The van der Waals surface area contributed by atoms with Crippen LogP contribution in [0.3, 0.4) is 0 Å². The van der Waals surface area contributed by atoms with Gasteiger partial charge in [0.2, 0.25) is 5.95 Å². The van der Waals surface area contributed by atoms with Crippen molar-refractivity contribution in [1.82, 2.24) is 14.9 Å². The van der Waals surface area contributed by atoms with Crippen molar-refractivity contribution in [2.24, 2.45) is 11.3 Å². The van der Waals surface area contributed by atoms with E-state index in [2.05, 4.69) is 19.8 Å². The fourth-order valence-corrected chi connectivity index (χ4v) is 4.03. The van der Waals surface area contributed by atoms with E-state index in [0.717, 1.165) is 19.0 Å². The quantitative estimate of drug-likeness (QED) is 0.855. The Morgan fingerprint density at radius 1 is 1.14 bits per heavy atom. The van der Waals surface area contributed by atoms with Gasteiger partial charge in [-0.3, -0.25) is 0 Å². The number of hydrogen-bond donors (Lipinski definition) is 0. The summed E-state index contributed by atoms with van der Waals surface area (Å²) in [4.78, 5) is 13.2. The van der Waals surface area contributed by atoms with Gasteiger partial charge in [-0.25, -0.2) is 14.4 Å². The van der Waals surface area contributed by atoms with Gasteiger partial charge in [-0.2, -0.15) is 0 Å². The highest BCUT2D eigenvalue weighted by molar-refractivity contribution is 5.30. The summed E-state index contributed by atoms with van der Waals surface area (Å²) in [6.07, 6.45) is 9.20. The van der Waals surface area contributed by atoms with Crippen molar-refractivity contribution in [3.05, 3.63) is 18.2 Å². The van der Waals surface area contributed by atoms with Gasteiger partial charge in [-0.1, -0.05) is 0 Å². The van der Waals surface area contributed by atoms with Gasteiger partial charge < -0.3 is 9.80 Å². The fourth-order valence-electron chi connectivity index (χ4n) is 4.03. The molecule has 0 unspecified atom stereocenters. The molecule has 1 spiro atoms. The largest absolute Gasteiger partial charge is 0.340 e. The van der Waals surface area contributed by atoms with E-state index in [9.17, 15) is 4.39 Å². The number of halogens is 1. The molecule has 4 rings (SSSR count). The van der Waals surface area contributed by atoms with Gasteiger partial charge in [0.25, 0.3) is 0 Å². The molecule has 1 aromatic heterocycles. The van der Waals surface area contributed by atoms with E-state index in [-0.39, 0.29) is 5.82 Å². The molecule has 3 aliphatic rings. The Labute approximate surface area is 125 Å². The zero-order valence-electron chi connectivity index (χ0n) is 12.5. The number of nitrogens with zero attached hydrogens (tertiary/aromatic N) is 4. The molecule has 2 aliphatic heterocycles. The van der Waals surface area contributed by atoms with Crippen LogP contribution in [0.5, 0.6) is 0 Å². The standard InChI is InChI=1S/C16H23FN4/c17-14-8-18-15(19-9-14)21-6-1-4-16(12-21)5-7-20(11-16)10-13-2-3-13/h8-9,13H,1-7,10-12H2/t16-/m0/s1. The minimum absolute atomic E-state index is 0.359. The van der Waals surface area contributed by atoms with Gasteiger partial charge in [0.15, 0.2) is 5.82 Å². The van der Waals surface area contributed by atoms with Crippen LogP contribution in [0.15, 0.2) is 12.4 Å². The van der Waals surface area contributed by atoms with E-state index >= 15 is 0 Å². The number of hydrogen-bond acceptors (Lipinski definition) is 4. The van der Waals surface area contributed by atoms with E-state index in [1.54, 1.807) is 0 Å². The number of piperidine rings is 1. The molecule has 1 aromatic rings. The SMILES string of the molecule is Fc1cnc(N2CCC[C@@]3(CCN(CC4CC4)C3)C2)nc1. The molecule has 0 amide bonds. The summed E-state index contributed by atoms with van der Waals surface area (Å²) in [6.45, 7) is 5.79. The predicted molar refractivity (Wildman–Crippen MR) is 79.7 cm³/mol. The number of anilines is 1. The number of rotatable bonds is 3. The maximum Gasteiger partial charge on any atom is 0.225 e. The highest BCUT2D eigenvalue weighted by atomic mass is 19.1. The van der Waals surface area contributed by atoms with Gasteiger partial charge >= 0.3 is 0 Å². The monoisotopic (exact) mass is 290 g/mol. The second-order valence-corrected chi connectivity index (χ2v) is 7.15. The molecule has 0 aromatic carbocycles. The van der Waals surface area contributed by atoms with Crippen LogP contribution in [0.25, 0.3) is 0 Å². The van der Waals surface area contributed by atoms with Crippen molar-refractivity contribution < 1.29 is 4.39 Å². The van der Waals surface area contributed by atoms with Crippen molar-refractivity contribution in [2.75, 3.05) is 37.6 Å². The molecule has 3 fully saturated rings. The van der Waals surface area contributed by atoms with Gasteiger partial charge in [-0.05, 0) is 44.6 Å². The molecule has 1 atom stereocenters. The van der Waals surface area contributed by atoms with Crippen molar-refractivity contribution in [3.63, 3.8) is 0 Å². The molecule has 3 heterocycles. The van der Waals surface area contributed by atoms with Crippen LogP contribution >= 0.6 is 0 Å². The fraction of sp³-hybridized carbons (Fsp3) is 0.750. The average Bonchev–Trinajstić information content (AvgIpc) is 3.22. The third kappa shape index (κ3) is 2.89. The Bertz CT molecular complexity index is 502. The molecule has 1 saturated carbocycles. The number of aromatic nitrogens is 2. The summed E-state index contributed by atoms with van der Waals surface area (Å²) in [5.74, 6) is 1.30. The average molecular weight is 290 g/mol. The van der Waals surface area contributed by atoms with E-state index < -0.39 is 0 Å². The first-order valence-electron chi connectivity index (χ1n) is 8.17. The Hall–Kier alpha value is -1.23. The minimum Gasteiger partial charge on any atom is -0.340 e. The Balaban J connectivity index is 1.43. The predicted octanol–water partition coefficient (Wildman–Crippen LogP) is 2.32. The lowest BCUT2D eigenvalue weighted by Crippen LogP contribution is -2.45. The van der Waals surface area contributed by atoms with E-state index in [0.29, 0.717) is 11.4 Å². The lowest BCUT2D eigenvalue weighted by molar-refractivity contribution is 0.215. The van der Waals surface area contributed by atoms with Crippen molar-refractivity contribution in [1.29, 1.82) is 0 Å². The van der Waals surface area contributed by atoms with Crippen LogP contribution in [-0.2, 0) is 0 Å². The highest BCUT2D eigenvalue weighted by Gasteiger charge is 2.42. The summed E-state index contributed by atoms with van der Waals surface area (Å²) in [7, 11) is 0. The molecule has 0 bridgehead atoms. The van der Waals surface area contributed by atoms with Crippen LogP contribution in [0.4, 0.5) is 10.3 Å². The van der Waals surface area contributed by atoms with E-state index in [4.69, 9.17) is 0 Å². The Morgan fingerprint density at radius 2 is 1.95 bits per heavy atom. The first-order valence-corrected chi connectivity index (χ1v) is 8.17. The first-order chi connectivity index (χ1) is 10.2.